The summed E-state index contributed by atoms with van der Waals surface area (Å²) in [5, 5.41) is 8.66. The summed E-state index contributed by atoms with van der Waals surface area (Å²) in [6.45, 7) is 5.52. The smallest absolute Gasteiger partial charge is 0.335 e. The van der Waals surface area contributed by atoms with Crippen molar-refractivity contribution in [3.8, 4) is 0 Å². The predicted octanol–water partition coefficient (Wildman–Crippen LogP) is 2.34. The van der Waals surface area contributed by atoms with Crippen LogP contribution in [0, 0.1) is 6.92 Å². The van der Waals surface area contributed by atoms with E-state index in [-0.39, 0.29) is 0 Å². The zero-order valence-electron chi connectivity index (χ0n) is 6.87. The summed E-state index contributed by atoms with van der Waals surface area (Å²) >= 11 is 0. The molecule has 0 atom stereocenters. The third-order valence-corrected chi connectivity index (χ3v) is 1.75. The number of benzene rings is 1. The Morgan fingerprint density at radius 2 is 2.25 bits per heavy atom. The number of hydrogen-bond acceptors (Lipinski definition) is 1. The molecule has 0 aromatic heterocycles. The van der Waals surface area contributed by atoms with Gasteiger partial charge in [-0.2, -0.15) is 0 Å². The molecule has 0 aliphatic carbocycles. The Morgan fingerprint density at radius 1 is 1.58 bits per heavy atom. The Labute approximate surface area is 71.2 Å². The molecular weight excluding hydrogens is 152 g/mol. The zero-order valence-corrected chi connectivity index (χ0v) is 6.87. The van der Waals surface area contributed by atoms with E-state index in [1.54, 1.807) is 24.3 Å². The highest BCUT2D eigenvalue weighted by Gasteiger charge is 2.03. The fourth-order valence-corrected chi connectivity index (χ4v) is 0.993. The lowest BCUT2D eigenvalue weighted by atomic mass is 10.1. The van der Waals surface area contributed by atoms with Crippen molar-refractivity contribution in [2.75, 3.05) is 0 Å². The van der Waals surface area contributed by atoms with Gasteiger partial charge in [0.2, 0.25) is 0 Å². The van der Waals surface area contributed by atoms with Crippen LogP contribution < -0.4 is 0 Å². The van der Waals surface area contributed by atoms with Gasteiger partial charge in [0.05, 0.1) is 5.56 Å². The highest BCUT2D eigenvalue weighted by molar-refractivity contribution is 5.88. The summed E-state index contributed by atoms with van der Waals surface area (Å²) < 4.78 is 0. The fourth-order valence-electron chi connectivity index (χ4n) is 0.993. The molecule has 62 valence electrons. The van der Waals surface area contributed by atoms with Gasteiger partial charge >= 0.3 is 5.97 Å². The van der Waals surface area contributed by atoms with Gasteiger partial charge in [-0.3, -0.25) is 0 Å². The topological polar surface area (TPSA) is 37.3 Å². The minimum atomic E-state index is -0.905. The van der Waals surface area contributed by atoms with E-state index in [1.807, 2.05) is 6.92 Å². The van der Waals surface area contributed by atoms with E-state index >= 15 is 0 Å². The SMILES string of the molecule is C=Cc1cc(C(=O)O)ccc1C. The van der Waals surface area contributed by atoms with Gasteiger partial charge in [-0.05, 0) is 30.2 Å². The molecule has 1 N–H and O–H groups in total. The lowest BCUT2D eigenvalue weighted by molar-refractivity contribution is 0.0697. The van der Waals surface area contributed by atoms with E-state index < -0.39 is 5.97 Å². The Morgan fingerprint density at radius 3 is 2.75 bits per heavy atom. The van der Waals surface area contributed by atoms with Gasteiger partial charge in [-0.1, -0.05) is 18.7 Å². The lowest BCUT2D eigenvalue weighted by Gasteiger charge is -2.00. The maximum Gasteiger partial charge on any atom is 0.335 e. The summed E-state index contributed by atoms with van der Waals surface area (Å²) in [4.78, 5) is 10.5. The Kier molecular flexibility index (Phi) is 2.29. The van der Waals surface area contributed by atoms with Crippen LogP contribution >= 0.6 is 0 Å². The van der Waals surface area contributed by atoms with Gasteiger partial charge < -0.3 is 5.11 Å². The minimum Gasteiger partial charge on any atom is -0.478 e. The molecule has 1 rings (SSSR count). The Hall–Kier alpha value is -1.57. The molecule has 0 amide bonds. The van der Waals surface area contributed by atoms with E-state index in [9.17, 15) is 4.79 Å². The number of carboxylic acids is 1. The van der Waals surface area contributed by atoms with E-state index in [4.69, 9.17) is 5.11 Å². The molecule has 0 radical (unpaired) electrons. The van der Waals surface area contributed by atoms with E-state index in [0.717, 1.165) is 11.1 Å². The van der Waals surface area contributed by atoms with Crippen LogP contribution in [-0.2, 0) is 0 Å². The normalized spacial score (nSPS) is 9.42. The third-order valence-electron chi connectivity index (χ3n) is 1.75. The van der Waals surface area contributed by atoms with Crippen LogP contribution in [0.4, 0.5) is 0 Å². The number of rotatable bonds is 2. The molecule has 2 heteroatoms. The highest BCUT2D eigenvalue weighted by Crippen LogP contribution is 2.11. The maximum absolute atomic E-state index is 10.5. The molecular formula is C10H10O2. The number of aryl methyl sites for hydroxylation is 1. The standard InChI is InChI=1S/C10H10O2/c1-3-8-6-9(10(11)12)5-4-7(8)2/h3-6H,1H2,2H3,(H,11,12). The van der Waals surface area contributed by atoms with Crippen LogP contribution in [0.2, 0.25) is 0 Å². The summed E-state index contributed by atoms with van der Waals surface area (Å²) in [7, 11) is 0. The van der Waals surface area contributed by atoms with E-state index in [1.165, 1.54) is 0 Å². The predicted molar refractivity (Wildman–Crippen MR) is 48.2 cm³/mol. The van der Waals surface area contributed by atoms with Crippen LogP contribution in [0.25, 0.3) is 6.08 Å². The molecule has 0 heterocycles. The number of aromatic carboxylic acids is 1. The molecule has 0 aliphatic heterocycles. The quantitative estimate of drug-likeness (QED) is 0.724. The number of carboxylic acid groups (broad SMARTS) is 1. The summed E-state index contributed by atoms with van der Waals surface area (Å²) in [5.41, 5.74) is 2.21. The van der Waals surface area contributed by atoms with Crippen LogP contribution in [-0.4, -0.2) is 11.1 Å². The molecule has 1 aromatic rings. The second-order valence-corrected chi connectivity index (χ2v) is 2.58. The van der Waals surface area contributed by atoms with E-state index in [0.29, 0.717) is 5.56 Å². The first kappa shape index (κ1) is 8.53. The number of carbonyl (C=O) groups is 1. The Bertz CT molecular complexity index is 327. The zero-order chi connectivity index (χ0) is 9.14. The third kappa shape index (κ3) is 1.53. The molecule has 0 spiro atoms. The van der Waals surface area contributed by atoms with Crippen LogP contribution in [0.5, 0.6) is 0 Å². The van der Waals surface area contributed by atoms with Gasteiger partial charge in [0, 0.05) is 0 Å². The molecule has 0 unspecified atom stereocenters. The summed E-state index contributed by atoms with van der Waals surface area (Å²) in [6, 6.07) is 4.98. The monoisotopic (exact) mass is 162 g/mol. The molecule has 0 saturated heterocycles. The summed E-state index contributed by atoms with van der Waals surface area (Å²) in [6.07, 6.45) is 1.65. The average Bonchev–Trinajstić information content (AvgIpc) is 2.05. The van der Waals surface area contributed by atoms with Gasteiger partial charge in [-0.15, -0.1) is 0 Å². The van der Waals surface area contributed by atoms with Crippen LogP contribution in [0.1, 0.15) is 21.5 Å². The van der Waals surface area contributed by atoms with Gasteiger partial charge in [0.15, 0.2) is 0 Å². The molecule has 0 bridgehead atoms. The minimum absolute atomic E-state index is 0.301. The first-order valence-electron chi connectivity index (χ1n) is 3.61. The van der Waals surface area contributed by atoms with Crippen molar-refractivity contribution >= 4 is 12.0 Å². The van der Waals surface area contributed by atoms with Crippen molar-refractivity contribution in [3.63, 3.8) is 0 Å². The van der Waals surface area contributed by atoms with Gasteiger partial charge in [0.1, 0.15) is 0 Å². The van der Waals surface area contributed by atoms with Crippen molar-refractivity contribution in [3.05, 3.63) is 41.5 Å². The van der Waals surface area contributed by atoms with Gasteiger partial charge in [0.25, 0.3) is 0 Å². The maximum atomic E-state index is 10.5. The number of hydrogen-bond donors (Lipinski definition) is 1. The van der Waals surface area contributed by atoms with Gasteiger partial charge in [-0.25, -0.2) is 4.79 Å². The fraction of sp³-hybridized carbons (Fsp3) is 0.100. The molecule has 0 aliphatic rings. The molecule has 0 fully saturated rings. The molecule has 1 aromatic carbocycles. The molecule has 2 nitrogen and oxygen atoms in total. The molecule has 12 heavy (non-hydrogen) atoms. The average molecular weight is 162 g/mol. The van der Waals surface area contributed by atoms with Crippen molar-refractivity contribution in [1.29, 1.82) is 0 Å². The highest BCUT2D eigenvalue weighted by atomic mass is 16.4. The first-order chi connectivity index (χ1) is 5.65. The van der Waals surface area contributed by atoms with Crippen molar-refractivity contribution in [2.24, 2.45) is 0 Å². The van der Waals surface area contributed by atoms with E-state index in [2.05, 4.69) is 6.58 Å². The molecule has 0 saturated carbocycles. The largest absolute Gasteiger partial charge is 0.478 e. The lowest BCUT2D eigenvalue weighted by Crippen LogP contribution is -1.96. The van der Waals surface area contributed by atoms with Crippen molar-refractivity contribution in [1.82, 2.24) is 0 Å². The Balaban J connectivity index is 3.22. The summed E-state index contributed by atoms with van der Waals surface area (Å²) in [5.74, 6) is -0.905. The van der Waals surface area contributed by atoms with Crippen LogP contribution in [0.3, 0.4) is 0 Å². The van der Waals surface area contributed by atoms with Crippen molar-refractivity contribution in [2.45, 2.75) is 6.92 Å². The van der Waals surface area contributed by atoms with Crippen molar-refractivity contribution < 1.29 is 9.90 Å². The van der Waals surface area contributed by atoms with Crippen LogP contribution in [0.15, 0.2) is 24.8 Å². The second kappa shape index (κ2) is 3.22. The first-order valence-corrected chi connectivity index (χ1v) is 3.61. The second-order valence-electron chi connectivity index (χ2n) is 2.58.